The maximum Gasteiger partial charge on any atom is 0.308 e. The van der Waals surface area contributed by atoms with Gasteiger partial charge in [0.25, 0.3) is 0 Å². The van der Waals surface area contributed by atoms with Crippen molar-refractivity contribution in [2.75, 3.05) is 19.8 Å². The maximum absolute atomic E-state index is 12.9. The molecular formula is C28H45NO6. The molecule has 0 aromatic heterocycles. The zero-order valence-corrected chi connectivity index (χ0v) is 21.9. The first-order chi connectivity index (χ1) is 16.7. The van der Waals surface area contributed by atoms with Crippen LogP contribution in [-0.4, -0.2) is 53.2 Å². The van der Waals surface area contributed by atoms with Gasteiger partial charge in [0.1, 0.15) is 5.60 Å². The van der Waals surface area contributed by atoms with E-state index in [9.17, 15) is 14.4 Å². The van der Waals surface area contributed by atoms with E-state index in [1.54, 1.807) is 0 Å². The Labute approximate surface area is 211 Å². The highest BCUT2D eigenvalue weighted by atomic mass is 16.6. The predicted molar refractivity (Wildman–Crippen MR) is 137 cm³/mol. The lowest BCUT2D eigenvalue weighted by Crippen LogP contribution is -2.33. The van der Waals surface area contributed by atoms with E-state index < -0.39 is 11.6 Å². The summed E-state index contributed by atoms with van der Waals surface area (Å²) in [6.45, 7) is 7.20. The SMILES string of the molecule is CC(C)(C)OC(=O)CCOCCN(Cc1ccccc1)C(=O)CCCCCCCCCCC(=O)O. The molecule has 0 aliphatic rings. The molecule has 0 unspecified atom stereocenters. The van der Waals surface area contributed by atoms with Crippen LogP contribution in [0.5, 0.6) is 0 Å². The first kappa shape index (κ1) is 30.6. The van der Waals surface area contributed by atoms with Crippen LogP contribution < -0.4 is 0 Å². The lowest BCUT2D eigenvalue weighted by atomic mass is 10.1. The zero-order valence-electron chi connectivity index (χ0n) is 21.9. The number of ether oxygens (including phenoxy) is 2. The number of benzene rings is 1. The van der Waals surface area contributed by atoms with Gasteiger partial charge in [-0.3, -0.25) is 14.4 Å². The van der Waals surface area contributed by atoms with Gasteiger partial charge < -0.3 is 19.5 Å². The number of carbonyl (C=O) groups is 3. The van der Waals surface area contributed by atoms with E-state index in [-0.39, 0.29) is 31.3 Å². The van der Waals surface area contributed by atoms with Gasteiger partial charge in [-0.25, -0.2) is 0 Å². The van der Waals surface area contributed by atoms with Crippen molar-refractivity contribution in [1.82, 2.24) is 4.90 Å². The minimum absolute atomic E-state index is 0.123. The van der Waals surface area contributed by atoms with Gasteiger partial charge in [0, 0.05) is 25.9 Å². The Morgan fingerprint density at radius 3 is 1.94 bits per heavy atom. The van der Waals surface area contributed by atoms with Gasteiger partial charge in [0.05, 0.1) is 19.6 Å². The van der Waals surface area contributed by atoms with E-state index in [4.69, 9.17) is 14.6 Å². The van der Waals surface area contributed by atoms with Gasteiger partial charge >= 0.3 is 11.9 Å². The molecule has 0 heterocycles. The number of hydrogen-bond acceptors (Lipinski definition) is 5. The first-order valence-corrected chi connectivity index (χ1v) is 13.0. The van der Waals surface area contributed by atoms with Gasteiger partial charge in [-0.2, -0.15) is 0 Å². The summed E-state index contributed by atoms with van der Waals surface area (Å²) in [5.41, 5.74) is 0.579. The molecule has 0 fully saturated rings. The molecule has 1 aromatic carbocycles. The predicted octanol–water partition coefficient (Wildman–Crippen LogP) is 5.75. The Kier molecular flexibility index (Phi) is 15.7. The van der Waals surface area contributed by atoms with Crippen LogP contribution in [0.25, 0.3) is 0 Å². The number of esters is 1. The molecule has 1 rings (SSSR count). The van der Waals surface area contributed by atoms with E-state index in [0.717, 1.165) is 56.9 Å². The number of hydrogen-bond donors (Lipinski definition) is 1. The third-order valence-electron chi connectivity index (χ3n) is 5.48. The molecule has 0 atom stereocenters. The quantitative estimate of drug-likeness (QED) is 0.196. The van der Waals surface area contributed by atoms with Gasteiger partial charge in [-0.15, -0.1) is 0 Å². The fraction of sp³-hybridized carbons (Fsp3) is 0.679. The summed E-state index contributed by atoms with van der Waals surface area (Å²) in [5.74, 6) is -0.878. The summed E-state index contributed by atoms with van der Waals surface area (Å²) in [6.07, 6.45) is 9.00. The van der Waals surface area contributed by atoms with Crippen LogP contribution in [0.3, 0.4) is 0 Å². The third kappa shape index (κ3) is 17.6. The molecule has 1 N–H and O–H groups in total. The minimum Gasteiger partial charge on any atom is -0.481 e. The normalized spacial score (nSPS) is 11.3. The Balaban J connectivity index is 2.30. The Bertz CT molecular complexity index is 729. The van der Waals surface area contributed by atoms with Crippen LogP contribution >= 0.6 is 0 Å². The van der Waals surface area contributed by atoms with Crippen molar-refractivity contribution in [2.45, 2.75) is 104 Å². The van der Waals surface area contributed by atoms with Crippen LogP contribution in [0.1, 0.15) is 97.0 Å². The van der Waals surface area contributed by atoms with Crippen LogP contribution in [0.4, 0.5) is 0 Å². The summed E-state index contributed by atoms with van der Waals surface area (Å²) in [7, 11) is 0. The monoisotopic (exact) mass is 491 g/mol. The molecule has 0 aliphatic carbocycles. The van der Waals surface area contributed by atoms with Crippen molar-refractivity contribution in [3.05, 3.63) is 35.9 Å². The average molecular weight is 492 g/mol. The molecular weight excluding hydrogens is 446 g/mol. The summed E-state index contributed by atoms with van der Waals surface area (Å²) >= 11 is 0. The second-order valence-electron chi connectivity index (χ2n) is 9.97. The van der Waals surface area contributed by atoms with Crippen molar-refractivity contribution >= 4 is 17.8 Å². The fourth-order valence-corrected chi connectivity index (χ4v) is 3.69. The summed E-state index contributed by atoms with van der Waals surface area (Å²) in [4.78, 5) is 37.0. The molecule has 0 radical (unpaired) electrons. The molecule has 0 spiro atoms. The molecule has 0 saturated heterocycles. The molecule has 7 heteroatoms. The topological polar surface area (TPSA) is 93.1 Å². The molecule has 0 saturated carbocycles. The van der Waals surface area contributed by atoms with Crippen molar-refractivity contribution < 1.29 is 29.0 Å². The highest BCUT2D eigenvalue weighted by molar-refractivity contribution is 5.76. The Hall–Kier alpha value is -2.41. The van der Waals surface area contributed by atoms with E-state index in [1.165, 1.54) is 0 Å². The molecule has 1 amide bonds. The molecule has 0 bridgehead atoms. The Morgan fingerprint density at radius 1 is 0.800 bits per heavy atom. The third-order valence-corrected chi connectivity index (χ3v) is 5.48. The van der Waals surface area contributed by atoms with E-state index in [1.807, 2.05) is 56.0 Å². The summed E-state index contributed by atoms with van der Waals surface area (Å²) in [6, 6.07) is 9.93. The largest absolute Gasteiger partial charge is 0.481 e. The number of nitrogens with zero attached hydrogens (tertiary/aromatic N) is 1. The van der Waals surface area contributed by atoms with Crippen LogP contribution in [0, 0.1) is 0 Å². The lowest BCUT2D eigenvalue weighted by Gasteiger charge is -2.23. The van der Waals surface area contributed by atoms with E-state index in [2.05, 4.69) is 0 Å². The van der Waals surface area contributed by atoms with Gasteiger partial charge in [-0.05, 0) is 39.2 Å². The van der Waals surface area contributed by atoms with Crippen molar-refractivity contribution in [1.29, 1.82) is 0 Å². The number of unbranched alkanes of at least 4 members (excludes halogenated alkanes) is 7. The highest BCUT2D eigenvalue weighted by Gasteiger charge is 2.17. The van der Waals surface area contributed by atoms with E-state index in [0.29, 0.717) is 26.1 Å². The number of amides is 1. The second kappa shape index (κ2) is 17.9. The Morgan fingerprint density at radius 2 is 1.37 bits per heavy atom. The highest BCUT2D eigenvalue weighted by Crippen LogP contribution is 2.13. The zero-order chi connectivity index (χ0) is 25.9. The maximum atomic E-state index is 12.9. The number of rotatable bonds is 19. The molecule has 1 aromatic rings. The van der Waals surface area contributed by atoms with Crippen LogP contribution in [0.15, 0.2) is 30.3 Å². The number of carboxylic acids is 1. The average Bonchev–Trinajstić information content (AvgIpc) is 2.78. The van der Waals surface area contributed by atoms with Crippen molar-refractivity contribution in [2.24, 2.45) is 0 Å². The standard InChI is InChI=1S/C28H45NO6/c1-28(2,3)35-27(33)19-21-34-22-20-29(23-24-15-11-10-12-16-24)25(30)17-13-8-6-4-5-7-9-14-18-26(31)32/h10-12,15-16H,4-9,13-14,17-23H2,1-3H3,(H,31,32). The number of carbonyl (C=O) groups excluding carboxylic acids is 2. The van der Waals surface area contributed by atoms with Crippen LogP contribution in [0.2, 0.25) is 0 Å². The van der Waals surface area contributed by atoms with Crippen molar-refractivity contribution in [3.8, 4) is 0 Å². The molecule has 198 valence electrons. The van der Waals surface area contributed by atoms with Crippen LogP contribution in [-0.2, 0) is 30.4 Å². The molecule has 7 nitrogen and oxygen atoms in total. The number of aliphatic carboxylic acids is 1. The lowest BCUT2D eigenvalue weighted by molar-refractivity contribution is -0.156. The minimum atomic E-state index is -0.719. The number of carboxylic acid groups (broad SMARTS) is 1. The smallest absolute Gasteiger partial charge is 0.308 e. The van der Waals surface area contributed by atoms with Gasteiger partial charge in [-0.1, -0.05) is 68.9 Å². The molecule has 0 aliphatic heterocycles. The van der Waals surface area contributed by atoms with E-state index >= 15 is 0 Å². The second-order valence-corrected chi connectivity index (χ2v) is 9.97. The first-order valence-electron chi connectivity index (χ1n) is 13.0. The van der Waals surface area contributed by atoms with Crippen molar-refractivity contribution in [3.63, 3.8) is 0 Å². The molecule has 35 heavy (non-hydrogen) atoms. The fourth-order valence-electron chi connectivity index (χ4n) is 3.69. The summed E-state index contributed by atoms with van der Waals surface area (Å²) < 4.78 is 10.9. The van der Waals surface area contributed by atoms with Gasteiger partial charge in [0.2, 0.25) is 5.91 Å². The van der Waals surface area contributed by atoms with Gasteiger partial charge in [0.15, 0.2) is 0 Å². The summed E-state index contributed by atoms with van der Waals surface area (Å²) in [5, 5.41) is 8.65.